The van der Waals surface area contributed by atoms with Crippen LogP contribution in [0.1, 0.15) is 45.5 Å². The average molecular weight is 237 g/mol. The van der Waals surface area contributed by atoms with Gasteiger partial charge < -0.3 is 14.6 Å². The van der Waals surface area contributed by atoms with E-state index in [1.165, 1.54) is 0 Å². The fourth-order valence-corrected chi connectivity index (χ4v) is 2.55. The zero-order chi connectivity index (χ0) is 12.3. The maximum Gasteiger partial charge on any atom is 0.128 e. The highest BCUT2D eigenvalue weighted by Crippen LogP contribution is 2.29. The van der Waals surface area contributed by atoms with Crippen molar-refractivity contribution in [3.63, 3.8) is 0 Å². The summed E-state index contributed by atoms with van der Waals surface area (Å²) in [4.78, 5) is 4.50. The van der Waals surface area contributed by atoms with Gasteiger partial charge in [0.2, 0.25) is 0 Å². The molecule has 4 nitrogen and oxygen atoms in total. The maximum absolute atomic E-state index is 5.98. The number of aryl methyl sites for hydroxylation is 1. The molecule has 4 heteroatoms. The van der Waals surface area contributed by atoms with Crippen LogP contribution in [0.2, 0.25) is 0 Å². The largest absolute Gasteiger partial charge is 0.373 e. The summed E-state index contributed by atoms with van der Waals surface area (Å²) in [6.07, 6.45) is 6.83. The second-order valence-electron chi connectivity index (χ2n) is 4.67. The summed E-state index contributed by atoms with van der Waals surface area (Å²) in [7, 11) is 0. The molecule has 2 heterocycles. The molecule has 1 aromatic rings. The summed E-state index contributed by atoms with van der Waals surface area (Å²) in [5, 5.41) is 3.51. The Bertz CT molecular complexity index is 350. The Hall–Kier alpha value is -0.870. The molecule has 0 aromatic carbocycles. The van der Waals surface area contributed by atoms with Crippen molar-refractivity contribution >= 4 is 0 Å². The van der Waals surface area contributed by atoms with Gasteiger partial charge in [-0.05, 0) is 33.2 Å². The standard InChI is InChI=1S/C13H23N3O/c1-4-14-12(11-7-6-10(3)17-11)13-15-8-9-16(13)5-2/h8-12,14H,4-7H2,1-3H3. The number of aromatic nitrogens is 2. The van der Waals surface area contributed by atoms with E-state index in [-0.39, 0.29) is 12.1 Å². The number of hydrogen-bond acceptors (Lipinski definition) is 3. The van der Waals surface area contributed by atoms with Crippen LogP contribution in [0, 0.1) is 0 Å². The quantitative estimate of drug-likeness (QED) is 0.852. The molecule has 3 unspecified atom stereocenters. The molecule has 96 valence electrons. The van der Waals surface area contributed by atoms with Crippen molar-refractivity contribution in [2.75, 3.05) is 6.54 Å². The maximum atomic E-state index is 5.98. The highest BCUT2D eigenvalue weighted by molar-refractivity contribution is 5.03. The van der Waals surface area contributed by atoms with Gasteiger partial charge in [-0.2, -0.15) is 0 Å². The monoisotopic (exact) mass is 237 g/mol. The van der Waals surface area contributed by atoms with E-state index in [0.717, 1.165) is 31.8 Å². The van der Waals surface area contributed by atoms with Crippen molar-refractivity contribution in [3.8, 4) is 0 Å². The number of likely N-dealkylation sites (N-methyl/N-ethyl adjacent to an activating group) is 1. The molecule has 1 saturated heterocycles. The van der Waals surface area contributed by atoms with E-state index in [4.69, 9.17) is 4.74 Å². The van der Waals surface area contributed by atoms with Gasteiger partial charge in [0.25, 0.3) is 0 Å². The molecule has 1 aliphatic heterocycles. The number of nitrogens with zero attached hydrogens (tertiary/aromatic N) is 2. The molecule has 0 spiro atoms. The summed E-state index contributed by atoms with van der Waals surface area (Å²) in [5.74, 6) is 1.11. The summed E-state index contributed by atoms with van der Waals surface area (Å²) in [6.45, 7) is 8.32. The van der Waals surface area contributed by atoms with Gasteiger partial charge in [0.15, 0.2) is 0 Å². The smallest absolute Gasteiger partial charge is 0.128 e. The van der Waals surface area contributed by atoms with Crippen molar-refractivity contribution in [1.82, 2.24) is 14.9 Å². The molecule has 0 bridgehead atoms. The summed E-state index contributed by atoms with van der Waals surface area (Å²) < 4.78 is 8.18. The van der Waals surface area contributed by atoms with Crippen molar-refractivity contribution in [1.29, 1.82) is 0 Å². The summed E-state index contributed by atoms with van der Waals surface area (Å²) >= 11 is 0. The molecule has 0 aliphatic carbocycles. The van der Waals surface area contributed by atoms with Gasteiger partial charge in [-0.15, -0.1) is 0 Å². The van der Waals surface area contributed by atoms with Gasteiger partial charge in [0.1, 0.15) is 5.82 Å². The van der Waals surface area contributed by atoms with Gasteiger partial charge >= 0.3 is 0 Å². The first-order chi connectivity index (χ1) is 8.26. The molecule has 0 saturated carbocycles. The van der Waals surface area contributed by atoms with Crippen LogP contribution in [0.3, 0.4) is 0 Å². The normalized spacial score (nSPS) is 26.3. The molecule has 1 N–H and O–H groups in total. The fourth-order valence-electron chi connectivity index (χ4n) is 2.55. The van der Waals surface area contributed by atoms with E-state index in [1.807, 2.05) is 12.4 Å². The molecular formula is C13H23N3O. The van der Waals surface area contributed by atoms with Gasteiger partial charge in [0.05, 0.1) is 18.2 Å². The highest BCUT2D eigenvalue weighted by Gasteiger charge is 2.32. The average Bonchev–Trinajstić information content (AvgIpc) is 2.94. The fraction of sp³-hybridized carbons (Fsp3) is 0.769. The summed E-state index contributed by atoms with van der Waals surface area (Å²) in [6, 6.07) is 0.222. The Morgan fingerprint density at radius 3 is 2.94 bits per heavy atom. The zero-order valence-corrected chi connectivity index (χ0v) is 11.0. The van der Waals surface area contributed by atoms with Crippen LogP contribution in [-0.2, 0) is 11.3 Å². The topological polar surface area (TPSA) is 39.1 Å². The Morgan fingerprint density at radius 2 is 2.35 bits per heavy atom. The number of ether oxygens (including phenoxy) is 1. The van der Waals surface area contributed by atoms with E-state index in [1.54, 1.807) is 0 Å². The van der Waals surface area contributed by atoms with E-state index in [9.17, 15) is 0 Å². The minimum atomic E-state index is 0.222. The van der Waals surface area contributed by atoms with E-state index < -0.39 is 0 Å². The molecule has 1 aromatic heterocycles. The number of nitrogens with one attached hydrogen (secondary N) is 1. The van der Waals surface area contributed by atoms with Crippen LogP contribution in [0.25, 0.3) is 0 Å². The Balaban J connectivity index is 2.16. The van der Waals surface area contributed by atoms with Crippen LogP contribution >= 0.6 is 0 Å². The third kappa shape index (κ3) is 2.69. The van der Waals surface area contributed by atoms with Gasteiger partial charge in [0, 0.05) is 18.9 Å². The molecule has 1 aliphatic rings. The Morgan fingerprint density at radius 1 is 1.53 bits per heavy atom. The molecule has 0 amide bonds. The van der Waals surface area contributed by atoms with E-state index in [2.05, 4.69) is 35.6 Å². The number of rotatable bonds is 5. The van der Waals surface area contributed by atoms with Crippen LogP contribution in [-0.4, -0.2) is 28.3 Å². The first kappa shape index (κ1) is 12.6. The van der Waals surface area contributed by atoms with Crippen LogP contribution < -0.4 is 5.32 Å². The number of imidazole rings is 1. The first-order valence-electron chi connectivity index (χ1n) is 6.66. The van der Waals surface area contributed by atoms with Crippen molar-refractivity contribution in [2.24, 2.45) is 0 Å². The third-order valence-corrected chi connectivity index (χ3v) is 3.43. The number of hydrogen-bond donors (Lipinski definition) is 1. The second kappa shape index (κ2) is 5.65. The molecule has 17 heavy (non-hydrogen) atoms. The molecular weight excluding hydrogens is 214 g/mol. The first-order valence-corrected chi connectivity index (χ1v) is 6.66. The van der Waals surface area contributed by atoms with E-state index >= 15 is 0 Å². The third-order valence-electron chi connectivity index (χ3n) is 3.43. The molecule has 3 atom stereocenters. The second-order valence-corrected chi connectivity index (χ2v) is 4.67. The van der Waals surface area contributed by atoms with Crippen LogP contribution in [0.15, 0.2) is 12.4 Å². The lowest BCUT2D eigenvalue weighted by molar-refractivity contribution is 0.0293. The summed E-state index contributed by atoms with van der Waals surface area (Å²) in [5.41, 5.74) is 0. The molecule has 0 radical (unpaired) electrons. The predicted molar refractivity (Wildman–Crippen MR) is 67.9 cm³/mol. The Kier molecular flexibility index (Phi) is 4.18. The van der Waals surface area contributed by atoms with Crippen molar-refractivity contribution in [2.45, 2.75) is 58.4 Å². The minimum absolute atomic E-state index is 0.222. The van der Waals surface area contributed by atoms with Crippen LogP contribution in [0.5, 0.6) is 0 Å². The van der Waals surface area contributed by atoms with Crippen LogP contribution in [0.4, 0.5) is 0 Å². The van der Waals surface area contributed by atoms with Gasteiger partial charge in [-0.3, -0.25) is 0 Å². The molecule has 1 fully saturated rings. The van der Waals surface area contributed by atoms with Crippen molar-refractivity contribution < 1.29 is 4.74 Å². The van der Waals surface area contributed by atoms with Gasteiger partial charge in [-0.25, -0.2) is 4.98 Å². The lowest BCUT2D eigenvalue weighted by atomic mass is 10.1. The molecule has 2 rings (SSSR count). The van der Waals surface area contributed by atoms with E-state index in [0.29, 0.717) is 6.10 Å². The lowest BCUT2D eigenvalue weighted by Gasteiger charge is -2.24. The minimum Gasteiger partial charge on any atom is -0.373 e. The SMILES string of the molecule is CCNC(c1nccn1CC)C1CCC(C)O1. The van der Waals surface area contributed by atoms with Crippen molar-refractivity contribution in [3.05, 3.63) is 18.2 Å². The zero-order valence-electron chi connectivity index (χ0n) is 11.0. The van der Waals surface area contributed by atoms with Gasteiger partial charge in [-0.1, -0.05) is 6.92 Å². The highest BCUT2D eigenvalue weighted by atomic mass is 16.5. The lowest BCUT2D eigenvalue weighted by Crippen LogP contribution is -2.34. The predicted octanol–water partition coefficient (Wildman–Crippen LogP) is 2.12. The Labute approximate surface area is 103 Å².